The van der Waals surface area contributed by atoms with E-state index in [9.17, 15) is 18.0 Å². The van der Waals surface area contributed by atoms with Crippen molar-refractivity contribution >= 4 is 22.7 Å². The average Bonchev–Trinajstić information content (AvgIpc) is 3.35. The van der Waals surface area contributed by atoms with E-state index in [4.69, 9.17) is 0 Å². The van der Waals surface area contributed by atoms with Gasteiger partial charge in [-0.2, -0.15) is 18.2 Å². The first-order chi connectivity index (χ1) is 15.2. The fourth-order valence-corrected chi connectivity index (χ4v) is 3.68. The Labute approximate surface area is 181 Å². The zero-order valence-corrected chi connectivity index (χ0v) is 17.6. The summed E-state index contributed by atoms with van der Waals surface area (Å²) >= 11 is 0. The summed E-state index contributed by atoms with van der Waals surface area (Å²) in [5, 5.41) is 6.42. The summed E-state index contributed by atoms with van der Waals surface area (Å²) in [6.45, 7) is 4.59. The number of benzene rings is 1. The number of aromatic nitrogens is 6. The molecule has 3 heterocycles. The monoisotopic (exact) mass is 445 g/mol. The molecule has 0 spiro atoms. The molecule has 3 aromatic heterocycles. The average molecular weight is 445 g/mol. The zero-order chi connectivity index (χ0) is 22.9. The number of rotatable bonds is 7. The van der Waals surface area contributed by atoms with Gasteiger partial charge in [0.15, 0.2) is 0 Å². The van der Waals surface area contributed by atoms with Crippen LogP contribution in [-0.4, -0.2) is 41.6 Å². The Morgan fingerprint density at radius 2 is 1.94 bits per heavy atom. The summed E-state index contributed by atoms with van der Waals surface area (Å²) in [6.07, 6.45) is -1.56. The maximum atomic E-state index is 12.9. The molecule has 168 valence electrons. The van der Waals surface area contributed by atoms with Gasteiger partial charge in [-0.1, -0.05) is 12.1 Å². The van der Waals surface area contributed by atoms with Crippen LogP contribution in [-0.2, 0) is 23.9 Å². The van der Waals surface area contributed by atoms with Gasteiger partial charge in [-0.3, -0.25) is 4.79 Å². The van der Waals surface area contributed by atoms with Gasteiger partial charge in [0.1, 0.15) is 0 Å². The van der Waals surface area contributed by atoms with E-state index >= 15 is 0 Å². The lowest BCUT2D eigenvalue weighted by Gasteiger charge is -2.11. The molecule has 0 aliphatic heterocycles. The number of alkyl halides is 3. The van der Waals surface area contributed by atoms with Gasteiger partial charge in [0.2, 0.25) is 5.91 Å². The standard InChI is InChI=1S/C21H22F3N7O/c1-13-15(14(2)31-20(27-13)28-19(29-31)21(22,23)24)8-9-18(32)25-10-5-11-30-12-26-16-6-3-4-7-17(16)30/h3-4,6-7,12H,5,8-11H2,1-2H3,(H,25,32). The number of aryl methyl sites for hydroxylation is 3. The molecule has 0 saturated heterocycles. The van der Waals surface area contributed by atoms with Gasteiger partial charge < -0.3 is 9.88 Å². The molecule has 32 heavy (non-hydrogen) atoms. The molecular formula is C21H22F3N7O. The third-order valence-electron chi connectivity index (χ3n) is 5.33. The summed E-state index contributed by atoms with van der Waals surface area (Å²) in [4.78, 5) is 24.2. The van der Waals surface area contributed by atoms with Crippen molar-refractivity contribution in [2.24, 2.45) is 0 Å². The van der Waals surface area contributed by atoms with Gasteiger partial charge in [0.25, 0.3) is 11.6 Å². The van der Waals surface area contributed by atoms with E-state index in [-0.39, 0.29) is 18.1 Å². The highest BCUT2D eigenvalue weighted by Crippen LogP contribution is 2.27. The highest BCUT2D eigenvalue weighted by molar-refractivity contribution is 5.76. The van der Waals surface area contributed by atoms with Crippen molar-refractivity contribution < 1.29 is 18.0 Å². The van der Waals surface area contributed by atoms with Crippen molar-refractivity contribution in [1.29, 1.82) is 0 Å². The maximum Gasteiger partial charge on any atom is 0.453 e. The van der Waals surface area contributed by atoms with E-state index in [1.54, 1.807) is 20.2 Å². The number of carbonyl (C=O) groups excluding carboxylic acids is 1. The third-order valence-corrected chi connectivity index (χ3v) is 5.33. The van der Waals surface area contributed by atoms with Crippen LogP contribution in [0.3, 0.4) is 0 Å². The minimum Gasteiger partial charge on any atom is -0.356 e. The van der Waals surface area contributed by atoms with Crippen LogP contribution >= 0.6 is 0 Å². The fourth-order valence-electron chi connectivity index (χ4n) is 3.68. The molecule has 0 unspecified atom stereocenters. The minimum absolute atomic E-state index is 0.104. The summed E-state index contributed by atoms with van der Waals surface area (Å²) in [5.41, 5.74) is 3.71. The highest BCUT2D eigenvalue weighted by Gasteiger charge is 2.36. The molecule has 0 fully saturated rings. The van der Waals surface area contributed by atoms with Crippen LogP contribution in [0.5, 0.6) is 0 Å². The molecule has 1 aromatic carbocycles. The molecule has 4 rings (SSSR count). The van der Waals surface area contributed by atoms with Crippen LogP contribution in [0.2, 0.25) is 0 Å². The second-order valence-electron chi connectivity index (χ2n) is 7.54. The molecule has 0 atom stereocenters. The summed E-state index contributed by atoms with van der Waals surface area (Å²) in [6, 6.07) is 7.85. The van der Waals surface area contributed by atoms with Crippen LogP contribution in [0, 0.1) is 13.8 Å². The molecule has 4 aromatic rings. The molecule has 0 bridgehead atoms. The molecular weight excluding hydrogens is 423 g/mol. The van der Waals surface area contributed by atoms with Gasteiger partial charge >= 0.3 is 6.18 Å². The van der Waals surface area contributed by atoms with Crippen molar-refractivity contribution in [2.45, 2.75) is 45.8 Å². The molecule has 0 radical (unpaired) electrons. The van der Waals surface area contributed by atoms with Crippen molar-refractivity contribution in [3.8, 4) is 0 Å². The topological polar surface area (TPSA) is 90.0 Å². The van der Waals surface area contributed by atoms with Crippen molar-refractivity contribution in [3.05, 3.63) is 53.4 Å². The number of fused-ring (bicyclic) bond motifs is 2. The van der Waals surface area contributed by atoms with Gasteiger partial charge in [0, 0.05) is 30.9 Å². The molecule has 1 N–H and O–H groups in total. The number of imidazole rings is 1. The predicted molar refractivity (Wildman–Crippen MR) is 111 cm³/mol. The number of hydrogen-bond donors (Lipinski definition) is 1. The molecule has 0 saturated carbocycles. The predicted octanol–water partition coefficient (Wildman–Crippen LogP) is 3.25. The maximum absolute atomic E-state index is 12.9. The Bertz CT molecular complexity index is 1280. The normalized spacial score (nSPS) is 12.0. The Balaban J connectivity index is 1.32. The molecule has 1 amide bonds. The molecule has 0 aliphatic rings. The SMILES string of the molecule is Cc1nc2nc(C(F)(F)F)nn2c(C)c1CCC(=O)NCCCn1cnc2ccccc21. The number of hydrogen-bond acceptors (Lipinski definition) is 5. The zero-order valence-electron chi connectivity index (χ0n) is 17.6. The largest absolute Gasteiger partial charge is 0.453 e. The fraction of sp³-hybridized carbons (Fsp3) is 0.381. The van der Waals surface area contributed by atoms with E-state index in [1.807, 2.05) is 28.8 Å². The molecule has 11 heteroatoms. The van der Waals surface area contributed by atoms with E-state index in [0.29, 0.717) is 29.9 Å². The highest BCUT2D eigenvalue weighted by atomic mass is 19.4. The Hall–Kier alpha value is -3.50. The number of carbonyl (C=O) groups is 1. The molecule has 0 aliphatic carbocycles. The molecule has 8 nitrogen and oxygen atoms in total. The first-order valence-corrected chi connectivity index (χ1v) is 10.2. The van der Waals surface area contributed by atoms with Crippen molar-refractivity contribution in [2.75, 3.05) is 6.54 Å². The number of para-hydroxylation sites is 2. The number of nitrogens with one attached hydrogen (secondary N) is 1. The first kappa shape index (κ1) is 21.7. The van der Waals surface area contributed by atoms with Crippen LogP contribution in [0.4, 0.5) is 13.2 Å². The lowest BCUT2D eigenvalue weighted by Crippen LogP contribution is -2.25. The van der Waals surface area contributed by atoms with E-state index in [1.165, 1.54) is 0 Å². The van der Waals surface area contributed by atoms with Gasteiger partial charge in [-0.15, -0.1) is 5.10 Å². The van der Waals surface area contributed by atoms with Crippen molar-refractivity contribution in [1.82, 2.24) is 34.4 Å². The lowest BCUT2D eigenvalue weighted by atomic mass is 10.1. The summed E-state index contributed by atoms with van der Waals surface area (Å²) < 4.78 is 41.8. The Kier molecular flexibility index (Phi) is 5.81. The van der Waals surface area contributed by atoms with Crippen LogP contribution in [0.1, 0.15) is 35.6 Å². The summed E-state index contributed by atoms with van der Waals surface area (Å²) in [7, 11) is 0. The second kappa shape index (κ2) is 8.56. The Morgan fingerprint density at radius 3 is 2.72 bits per heavy atom. The second-order valence-corrected chi connectivity index (χ2v) is 7.54. The number of halogens is 3. The summed E-state index contributed by atoms with van der Waals surface area (Å²) in [5.74, 6) is -1.46. The van der Waals surface area contributed by atoms with E-state index in [2.05, 4.69) is 25.4 Å². The number of nitrogens with zero attached hydrogens (tertiary/aromatic N) is 6. The quantitative estimate of drug-likeness (QED) is 0.441. The van der Waals surface area contributed by atoms with E-state index in [0.717, 1.165) is 28.5 Å². The van der Waals surface area contributed by atoms with Gasteiger partial charge in [-0.05, 0) is 44.4 Å². The minimum atomic E-state index is -4.64. The van der Waals surface area contributed by atoms with Gasteiger partial charge in [0.05, 0.1) is 17.4 Å². The van der Waals surface area contributed by atoms with Crippen LogP contribution in [0.25, 0.3) is 16.8 Å². The van der Waals surface area contributed by atoms with Crippen LogP contribution in [0.15, 0.2) is 30.6 Å². The lowest BCUT2D eigenvalue weighted by molar-refractivity contribution is -0.144. The first-order valence-electron chi connectivity index (χ1n) is 10.2. The number of amides is 1. The van der Waals surface area contributed by atoms with Crippen LogP contribution < -0.4 is 5.32 Å². The van der Waals surface area contributed by atoms with Crippen molar-refractivity contribution in [3.63, 3.8) is 0 Å². The Morgan fingerprint density at radius 1 is 1.16 bits per heavy atom. The van der Waals surface area contributed by atoms with E-state index < -0.39 is 12.0 Å². The van der Waals surface area contributed by atoms with Gasteiger partial charge in [-0.25, -0.2) is 14.5 Å². The third kappa shape index (κ3) is 4.41. The smallest absolute Gasteiger partial charge is 0.356 e.